The zero-order chi connectivity index (χ0) is 14.1. The Hall–Kier alpha value is -1.74. The van der Waals surface area contributed by atoms with E-state index >= 15 is 0 Å². The third kappa shape index (κ3) is 2.22. The first-order valence-corrected chi connectivity index (χ1v) is 7.83. The molecule has 2 nitrogen and oxygen atoms in total. The van der Waals surface area contributed by atoms with Crippen LogP contribution >= 0.6 is 11.8 Å². The van der Waals surface area contributed by atoms with E-state index in [2.05, 4.69) is 18.3 Å². The van der Waals surface area contributed by atoms with Crippen LogP contribution in [0.15, 0.2) is 41.3 Å². The third-order valence-corrected chi connectivity index (χ3v) is 4.68. The zero-order valence-corrected chi connectivity index (χ0v) is 12.5. The van der Waals surface area contributed by atoms with E-state index in [0.29, 0.717) is 0 Å². The lowest BCUT2D eigenvalue weighted by Gasteiger charge is -2.09. The fourth-order valence-electron chi connectivity index (χ4n) is 2.59. The molecule has 0 saturated heterocycles. The smallest absolute Gasteiger partial charge is 0.194 e. The zero-order valence-electron chi connectivity index (χ0n) is 11.7. The molecule has 0 bridgehead atoms. The monoisotopic (exact) mass is 283 g/mol. The fraction of sp³-hybridized carbons (Fsp3) is 0.235. The van der Waals surface area contributed by atoms with E-state index in [1.54, 1.807) is 11.8 Å². The number of aryl methyl sites for hydroxylation is 1. The number of benzene rings is 2. The van der Waals surface area contributed by atoms with E-state index in [1.165, 1.54) is 0 Å². The van der Waals surface area contributed by atoms with Crippen molar-refractivity contribution in [2.75, 3.05) is 11.9 Å². The molecule has 2 aromatic carbocycles. The summed E-state index contributed by atoms with van der Waals surface area (Å²) in [5.74, 6) is 0.998. The highest BCUT2D eigenvalue weighted by Crippen LogP contribution is 2.36. The van der Waals surface area contributed by atoms with Crippen LogP contribution in [0.4, 0.5) is 5.69 Å². The molecule has 0 radical (unpaired) electrons. The van der Waals surface area contributed by atoms with Crippen LogP contribution in [0, 0.1) is 6.92 Å². The van der Waals surface area contributed by atoms with Gasteiger partial charge >= 0.3 is 0 Å². The molecule has 1 aliphatic rings. The van der Waals surface area contributed by atoms with Crippen LogP contribution < -0.4 is 5.32 Å². The maximum Gasteiger partial charge on any atom is 0.194 e. The van der Waals surface area contributed by atoms with Crippen molar-refractivity contribution in [1.82, 2.24) is 0 Å². The van der Waals surface area contributed by atoms with Crippen molar-refractivity contribution in [2.24, 2.45) is 0 Å². The van der Waals surface area contributed by atoms with Crippen LogP contribution in [-0.4, -0.2) is 12.3 Å². The van der Waals surface area contributed by atoms with E-state index in [-0.39, 0.29) is 5.78 Å². The molecular weight excluding hydrogens is 266 g/mol. The molecule has 0 aliphatic carbocycles. The molecular formula is C17H17NOS. The molecule has 20 heavy (non-hydrogen) atoms. The van der Waals surface area contributed by atoms with Gasteiger partial charge in [0.2, 0.25) is 0 Å². The van der Waals surface area contributed by atoms with Crippen molar-refractivity contribution in [3.05, 3.63) is 58.7 Å². The number of ketones is 1. The molecule has 102 valence electrons. The average Bonchev–Trinajstić information content (AvgIpc) is 2.58. The predicted molar refractivity (Wildman–Crippen MR) is 84.8 cm³/mol. The van der Waals surface area contributed by atoms with Gasteiger partial charge in [-0.25, -0.2) is 0 Å². The van der Waals surface area contributed by atoms with Crippen molar-refractivity contribution in [1.29, 1.82) is 0 Å². The third-order valence-electron chi connectivity index (χ3n) is 3.58. The van der Waals surface area contributed by atoms with Gasteiger partial charge in [-0.05, 0) is 49.2 Å². The molecule has 0 spiro atoms. The summed E-state index contributed by atoms with van der Waals surface area (Å²) < 4.78 is 0. The van der Waals surface area contributed by atoms with Crippen molar-refractivity contribution in [3.8, 4) is 0 Å². The number of rotatable bonds is 2. The van der Waals surface area contributed by atoms with E-state index < -0.39 is 0 Å². The SMILES string of the molecule is CCNc1ccc2c(c1)CSc1cccc(C)c1C2=O. The standard InChI is InChI=1S/C17H17NOS/c1-3-18-13-7-8-14-12(9-13)10-20-15-6-4-5-11(2)16(15)17(14)19/h4-9,18H,3,10H2,1-2H3. The average molecular weight is 283 g/mol. The van der Waals surface area contributed by atoms with Gasteiger partial charge in [-0.3, -0.25) is 4.79 Å². The normalized spacial score (nSPS) is 13.4. The largest absolute Gasteiger partial charge is 0.385 e. The number of anilines is 1. The van der Waals surface area contributed by atoms with Crippen LogP contribution in [0.2, 0.25) is 0 Å². The Morgan fingerprint density at radius 3 is 2.90 bits per heavy atom. The van der Waals surface area contributed by atoms with Crippen LogP contribution in [0.3, 0.4) is 0 Å². The number of hydrogen-bond donors (Lipinski definition) is 1. The van der Waals surface area contributed by atoms with E-state index in [1.807, 2.05) is 37.3 Å². The van der Waals surface area contributed by atoms with Crippen LogP contribution in [-0.2, 0) is 5.75 Å². The summed E-state index contributed by atoms with van der Waals surface area (Å²) in [6.45, 7) is 4.97. The minimum atomic E-state index is 0.154. The predicted octanol–water partition coefficient (Wildman–Crippen LogP) is 4.26. The lowest BCUT2D eigenvalue weighted by molar-refractivity contribution is 0.103. The molecule has 1 heterocycles. The van der Waals surface area contributed by atoms with Crippen molar-refractivity contribution >= 4 is 23.2 Å². The van der Waals surface area contributed by atoms with Crippen LogP contribution in [0.1, 0.15) is 34.0 Å². The van der Waals surface area contributed by atoms with E-state index in [0.717, 1.165) is 45.1 Å². The molecule has 0 amide bonds. The van der Waals surface area contributed by atoms with Gasteiger partial charge in [-0.15, -0.1) is 11.8 Å². The second kappa shape index (κ2) is 5.33. The molecule has 0 aromatic heterocycles. The first-order valence-electron chi connectivity index (χ1n) is 6.84. The van der Waals surface area contributed by atoms with Gasteiger partial charge in [0, 0.05) is 34.0 Å². The minimum Gasteiger partial charge on any atom is -0.385 e. The Labute approximate surface area is 123 Å². The summed E-state index contributed by atoms with van der Waals surface area (Å²) in [5.41, 5.74) is 4.97. The Morgan fingerprint density at radius 1 is 1.25 bits per heavy atom. The molecule has 2 aromatic rings. The topological polar surface area (TPSA) is 29.1 Å². The number of hydrogen-bond acceptors (Lipinski definition) is 3. The highest BCUT2D eigenvalue weighted by atomic mass is 32.2. The molecule has 0 saturated carbocycles. The van der Waals surface area contributed by atoms with Gasteiger partial charge in [0.1, 0.15) is 0 Å². The maximum absolute atomic E-state index is 12.8. The second-order valence-electron chi connectivity index (χ2n) is 4.97. The number of thioether (sulfide) groups is 1. The van der Waals surface area contributed by atoms with Gasteiger partial charge in [-0.1, -0.05) is 12.1 Å². The Bertz CT molecular complexity index is 679. The quantitative estimate of drug-likeness (QED) is 0.892. The lowest BCUT2D eigenvalue weighted by atomic mass is 9.96. The first-order chi connectivity index (χ1) is 9.70. The van der Waals surface area contributed by atoms with Gasteiger partial charge in [-0.2, -0.15) is 0 Å². The first kappa shape index (κ1) is 13.3. The minimum absolute atomic E-state index is 0.154. The van der Waals surface area contributed by atoms with Crippen molar-refractivity contribution in [2.45, 2.75) is 24.5 Å². The molecule has 3 heteroatoms. The summed E-state index contributed by atoms with van der Waals surface area (Å²) >= 11 is 1.75. The number of carbonyl (C=O) groups excluding carboxylic acids is 1. The molecule has 1 aliphatic heterocycles. The molecule has 0 fully saturated rings. The van der Waals surface area contributed by atoms with Gasteiger partial charge in [0.25, 0.3) is 0 Å². The number of nitrogens with one attached hydrogen (secondary N) is 1. The number of fused-ring (bicyclic) bond motifs is 2. The fourth-order valence-corrected chi connectivity index (χ4v) is 3.71. The van der Waals surface area contributed by atoms with E-state index in [9.17, 15) is 4.79 Å². The number of carbonyl (C=O) groups is 1. The molecule has 0 unspecified atom stereocenters. The molecule has 3 rings (SSSR count). The van der Waals surface area contributed by atoms with Gasteiger partial charge in [0.05, 0.1) is 0 Å². The second-order valence-corrected chi connectivity index (χ2v) is 5.99. The Morgan fingerprint density at radius 2 is 2.10 bits per heavy atom. The summed E-state index contributed by atoms with van der Waals surface area (Å²) in [6, 6.07) is 12.1. The van der Waals surface area contributed by atoms with E-state index in [4.69, 9.17) is 0 Å². The summed E-state index contributed by atoms with van der Waals surface area (Å²) in [6.07, 6.45) is 0. The molecule has 1 N–H and O–H groups in total. The van der Waals surface area contributed by atoms with Crippen molar-refractivity contribution < 1.29 is 4.79 Å². The maximum atomic E-state index is 12.8. The van der Waals surface area contributed by atoms with Crippen LogP contribution in [0.25, 0.3) is 0 Å². The lowest BCUT2D eigenvalue weighted by Crippen LogP contribution is -2.06. The Kier molecular flexibility index (Phi) is 3.53. The highest BCUT2D eigenvalue weighted by molar-refractivity contribution is 7.98. The van der Waals surface area contributed by atoms with Gasteiger partial charge in [0.15, 0.2) is 5.78 Å². The Balaban J connectivity index is 2.11. The van der Waals surface area contributed by atoms with Gasteiger partial charge < -0.3 is 5.32 Å². The van der Waals surface area contributed by atoms with Crippen molar-refractivity contribution in [3.63, 3.8) is 0 Å². The van der Waals surface area contributed by atoms with Crippen LogP contribution in [0.5, 0.6) is 0 Å². The molecule has 0 atom stereocenters. The summed E-state index contributed by atoms with van der Waals surface area (Å²) in [7, 11) is 0. The highest BCUT2D eigenvalue weighted by Gasteiger charge is 2.23. The summed E-state index contributed by atoms with van der Waals surface area (Å²) in [4.78, 5) is 13.9. The summed E-state index contributed by atoms with van der Waals surface area (Å²) in [5, 5.41) is 3.30.